The number of anilines is 2. The molecule has 1 fully saturated rings. The number of esters is 1. The first-order chi connectivity index (χ1) is 20.4. The number of benzene rings is 2. The molecule has 1 aliphatic heterocycles. The number of hydrogen-bond donors (Lipinski definition) is 2. The van der Waals surface area contributed by atoms with Crippen LogP contribution < -0.4 is 10.6 Å². The maximum Gasteiger partial charge on any atom is 0.303 e. The lowest BCUT2D eigenvalue weighted by atomic mass is 10.0. The number of carbonyl (C=O) groups is 2. The van der Waals surface area contributed by atoms with Gasteiger partial charge in [-0.15, -0.1) is 0 Å². The summed E-state index contributed by atoms with van der Waals surface area (Å²) in [6.45, 7) is 3.89. The second-order valence-corrected chi connectivity index (χ2v) is 10.5. The lowest BCUT2D eigenvalue weighted by molar-refractivity contribution is -0.146. The first kappa shape index (κ1) is 27.3. The van der Waals surface area contributed by atoms with Gasteiger partial charge in [0.2, 0.25) is 0 Å². The summed E-state index contributed by atoms with van der Waals surface area (Å²) in [5.41, 5.74) is 4.66. The largest absolute Gasteiger partial charge is 0.456 e. The zero-order valence-corrected chi connectivity index (χ0v) is 23.2. The number of nitrogens with zero attached hydrogens (tertiary/aromatic N) is 6. The number of amides is 1. The third-order valence-corrected chi connectivity index (χ3v) is 7.42. The highest BCUT2D eigenvalue weighted by atomic mass is 19.1. The van der Waals surface area contributed by atoms with Crippen molar-refractivity contribution in [3.63, 3.8) is 0 Å². The molecule has 2 N–H and O–H groups in total. The van der Waals surface area contributed by atoms with Gasteiger partial charge in [-0.25, -0.2) is 13.9 Å². The van der Waals surface area contributed by atoms with Crippen LogP contribution >= 0.6 is 0 Å². The predicted molar refractivity (Wildman–Crippen MR) is 155 cm³/mol. The second kappa shape index (κ2) is 12.0. The molecule has 4 heterocycles. The van der Waals surface area contributed by atoms with Crippen LogP contribution in [0.1, 0.15) is 30.9 Å². The molecule has 0 atom stereocenters. The predicted octanol–water partition coefficient (Wildman–Crippen LogP) is 3.65. The molecule has 0 saturated carbocycles. The Labute approximate surface area is 241 Å². The number of halogens is 1. The van der Waals surface area contributed by atoms with Gasteiger partial charge in [0.1, 0.15) is 17.7 Å². The van der Waals surface area contributed by atoms with E-state index in [9.17, 15) is 14.0 Å². The summed E-state index contributed by atoms with van der Waals surface area (Å²) in [5.74, 6) is -0.301. The molecule has 42 heavy (non-hydrogen) atoms. The molecule has 3 aromatic heterocycles. The molecule has 12 heteroatoms. The van der Waals surface area contributed by atoms with E-state index in [-0.39, 0.29) is 24.4 Å². The zero-order valence-electron chi connectivity index (χ0n) is 23.2. The van der Waals surface area contributed by atoms with E-state index in [0.717, 1.165) is 65.7 Å². The molecule has 1 amide bonds. The van der Waals surface area contributed by atoms with Crippen LogP contribution in [0.5, 0.6) is 0 Å². The van der Waals surface area contributed by atoms with E-state index < -0.39 is 5.97 Å². The Morgan fingerprint density at radius 1 is 1.07 bits per heavy atom. The number of nitrogens with one attached hydrogen (secondary N) is 2. The molecule has 0 aliphatic carbocycles. The van der Waals surface area contributed by atoms with Gasteiger partial charge < -0.3 is 15.4 Å². The van der Waals surface area contributed by atoms with Gasteiger partial charge in [-0.1, -0.05) is 12.1 Å². The molecule has 2 aromatic carbocycles. The maximum atomic E-state index is 13.6. The molecule has 0 spiro atoms. The summed E-state index contributed by atoms with van der Waals surface area (Å²) < 4.78 is 22.1. The first-order valence-electron chi connectivity index (χ1n) is 13.8. The van der Waals surface area contributed by atoms with Gasteiger partial charge >= 0.3 is 5.97 Å². The van der Waals surface area contributed by atoms with Crippen molar-refractivity contribution in [1.82, 2.24) is 34.6 Å². The molecule has 1 aliphatic rings. The molecule has 11 nitrogen and oxygen atoms in total. The van der Waals surface area contributed by atoms with Crippen LogP contribution in [0.15, 0.2) is 67.3 Å². The number of likely N-dealkylation sites (tertiary alicyclic amines) is 1. The lowest BCUT2D eigenvalue weighted by Gasteiger charge is -2.32. The number of hydrogen-bond acceptors (Lipinski definition) is 8. The topological polar surface area (TPSA) is 119 Å². The highest BCUT2D eigenvalue weighted by molar-refractivity contribution is 5.85. The molecule has 0 bridgehead atoms. The molecular weight excluding hydrogens is 539 g/mol. The van der Waals surface area contributed by atoms with Crippen molar-refractivity contribution in [3.05, 3.63) is 84.2 Å². The van der Waals surface area contributed by atoms with Gasteiger partial charge in [0.15, 0.2) is 12.4 Å². The third kappa shape index (κ3) is 6.23. The van der Waals surface area contributed by atoms with E-state index in [0.29, 0.717) is 12.4 Å². The minimum absolute atomic E-state index is 0.0591. The third-order valence-electron chi connectivity index (χ3n) is 7.42. The van der Waals surface area contributed by atoms with Gasteiger partial charge in [-0.3, -0.25) is 19.2 Å². The van der Waals surface area contributed by atoms with Crippen molar-refractivity contribution in [2.75, 3.05) is 25.0 Å². The van der Waals surface area contributed by atoms with E-state index in [4.69, 9.17) is 4.74 Å². The Kier molecular flexibility index (Phi) is 7.78. The van der Waals surface area contributed by atoms with Gasteiger partial charge in [0.25, 0.3) is 5.91 Å². The molecule has 5 aromatic rings. The lowest BCUT2D eigenvalue weighted by Crippen LogP contribution is -2.45. The number of rotatable bonds is 9. The first-order valence-corrected chi connectivity index (χ1v) is 13.8. The molecule has 0 radical (unpaired) electrons. The van der Waals surface area contributed by atoms with Crippen molar-refractivity contribution in [1.29, 1.82) is 0 Å². The summed E-state index contributed by atoms with van der Waals surface area (Å²) in [4.78, 5) is 29.8. The van der Waals surface area contributed by atoms with E-state index >= 15 is 0 Å². The summed E-state index contributed by atoms with van der Waals surface area (Å²) in [7, 11) is 0. The fourth-order valence-electron chi connectivity index (χ4n) is 5.39. The second-order valence-electron chi connectivity index (χ2n) is 10.5. The molecule has 1 saturated heterocycles. The van der Waals surface area contributed by atoms with Gasteiger partial charge in [-0.2, -0.15) is 10.2 Å². The van der Waals surface area contributed by atoms with E-state index in [1.165, 1.54) is 25.4 Å². The minimum Gasteiger partial charge on any atom is -0.456 e. The average molecular weight is 571 g/mol. The van der Waals surface area contributed by atoms with Crippen LogP contribution in [0.25, 0.3) is 16.4 Å². The number of fused-ring (bicyclic) bond motifs is 2. The summed E-state index contributed by atoms with van der Waals surface area (Å²) in [6.07, 6.45) is 6.89. The SMILES string of the molecule is CC(=O)OCC(=O)NC1CCN(Cc2ccn3ncnc(Nc4ccc5c(cnn5Cc5cccc(F)c5)c4)c23)CC1. The standard InChI is InChI=1S/C30H31FN8O3/c1-20(40)42-18-28(41)35-25-8-10-37(11-9-25)17-22-7-12-38-29(22)30(32-19-34-38)36-26-5-6-27-23(14-26)15-33-39(27)16-21-3-2-4-24(31)13-21/h2-7,12-15,19,25H,8-11,16-18H2,1H3,(H,35,41)(H,32,34,36). The van der Waals surface area contributed by atoms with E-state index in [1.807, 2.05) is 39.7 Å². The van der Waals surface area contributed by atoms with Crippen molar-refractivity contribution >= 4 is 39.8 Å². The van der Waals surface area contributed by atoms with Gasteiger partial charge in [0, 0.05) is 49.9 Å². The molecule has 216 valence electrons. The average Bonchev–Trinajstić information content (AvgIpc) is 3.57. The van der Waals surface area contributed by atoms with E-state index in [2.05, 4.69) is 36.8 Å². The quantitative estimate of drug-likeness (QED) is 0.258. The highest BCUT2D eigenvalue weighted by Crippen LogP contribution is 2.27. The van der Waals surface area contributed by atoms with Gasteiger partial charge in [-0.05, 0) is 60.4 Å². The fraction of sp³-hybridized carbons (Fsp3) is 0.300. The molecular formula is C30H31FN8O3. The van der Waals surface area contributed by atoms with Crippen LogP contribution in [0.4, 0.5) is 15.9 Å². The Bertz CT molecular complexity index is 1740. The zero-order chi connectivity index (χ0) is 29.1. The summed E-state index contributed by atoms with van der Waals surface area (Å²) in [6, 6.07) is 14.7. The fourth-order valence-corrected chi connectivity index (χ4v) is 5.39. The Morgan fingerprint density at radius 2 is 1.93 bits per heavy atom. The summed E-state index contributed by atoms with van der Waals surface area (Å²) >= 11 is 0. The van der Waals surface area contributed by atoms with Crippen molar-refractivity contribution in [3.8, 4) is 0 Å². The minimum atomic E-state index is -0.466. The van der Waals surface area contributed by atoms with Crippen LogP contribution in [-0.4, -0.2) is 66.9 Å². The number of ether oxygens (including phenoxy) is 1. The van der Waals surface area contributed by atoms with Crippen LogP contribution in [0.2, 0.25) is 0 Å². The van der Waals surface area contributed by atoms with E-state index in [1.54, 1.807) is 12.3 Å². The molecule has 6 rings (SSSR count). The highest BCUT2D eigenvalue weighted by Gasteiger charge is 2.22. The van der Waals surface area contributed by atoms with Gasteiger partial charge in [0.05, 0.1) is 18.3 Å². The van der Waals surface area contributed by atoms with Crippen LogP contribution in [-0.2, 0) is 27.4 Å². The smallest absolute Gasteiger partial charge is 0.303 e. The van der Waals surface area contributed by atoms with Crippen LogP contribution in [0.3, 0.4) is 0 Å². The Hall–Kier alpha value is -4.84. The Morgan fingerprint density at radius 3 is 2.74 bits per heavy atom. The maximum absolute atomic E-state index is 13.6. The monoisotopic (exact) mass is 570 g/mol. The normalized spacial score (nSPS) is 14.3. The number of carbonyl (C=O) groups excluding carboxylic acids is 2. The number of aromatic nitrogens is 5. The Balaban J connectivity index is 1.12. The number of piperidine rings is 1. The van der Waals surface area contributed by atoms with Crippen LogP contribution in [0, 0.1) is 5.82 Å². The summed E-state index contributed by atoms with van der Waals surface area (Å²) in [5, 5.41) is 16.3. The van der Waals surface area contributed by atoms with Crippen molar-refractivity contribution in [2.45, 2.75) is 38.9 Å². The van der Waals surface area contributed by atoms with Crippen molar-refractivity contribution in [2.24, 2.45) is 0 Å². The molecule has 0 unspecified atom stereocenters. The van der Waals surface area contributed by atoms with Crippen molar-refractivity contribution < 1.29 is 18.7 Å².